The third kappa shape index (κ3) is 2.42. The number of rotatable bonds is 5. The van der Waals surface area contributed by atoms with Gasteiger partial charge in [-0.05, 0) is 30.7 Å². The highest BCUT2D eigenvalue weighted by molar-refractivity contribution is 6.31. The number of imidazole rings is 1. The van der Waals surface area contributed by atoms with Crippen LogP contribution in [0, 0.1) is 11.2 Å². The molecule has 0 atom stereocenters. The summed E-state index contributed by atoms with van der Waals surface area (Å²) in [6.45, 7) is 3.11. The van der Waals surface area contributed by atoms with E-state index in [1.807, 2.05) is 0 Å². The van der Waals surface area contributed by atoms with Crippen molar-refractivity contribution in [2.24, 2.45) is 5.41 Å². The molecule has 108 valence electrons. The molecular weight excluding hydrogens is 298 g/mol. The van der Waals surface area contributed by atoms with Crippen LogP contribution in [0.15, 0.2) is 12.1 Å². The summed E-state index contributed by atoms with van der Waals surface area (Å²) in [5.74, 6) is 1.05. The average molecular weight is 315 g/mol. The Morgan fingerprint density at radius 3 is 2.75 bits per heavy atom. The molecule has 1 aliphatic rings. The normalized spacial score (nSPS) is 16.8. The highest BCUT2D eigenvalue weighted by Gasteiger charge is 2.41. The fourth-order valence-corrected chi connectivity index (χ4v) is 3.08. The van der Waals surface area contributed by atoms with Crippen molar-refractivity contribution in [3.8, 4) is 0 Å². The van der Waals surface area contributed by atoms with Gasteiger partial charge in [-0.15, -0.1) is 11.6 Å². The molecule has 0 bridgehead atoms. The zero-order chi connectivity index (χ0) is 14.3. The molecule has 0 saturated heterocycles. The summed E-state index contributed by atoms with van der Waals surface area (Å²) in [7, 11) is 0. The monoisotopic (exact) mass is 314 g/mol. The topological polar surface area (TPSA) is 17.8 Å². The maximum Gasteiger partial charge on any atom is 0.144 e. The molecule has 0 radical (unpaired) electrons. The van der Waals surface area contributed by atoms with E-state index in [2.05, 4.69) is 16.5 Å². The molecule has 1 saturated carbocycles. The van der Waals surface area contributed by atoms with Gasteiger partial charge in [-0.1, -0.05) is 18.5 Å². The van der Waals surface area contributed by atoms with E-state index in [0.29, 0.717) is 17.7 Å². The van der Waals surface area contributed by atoms with Crippen LogP contribution < -0.4 is 0 Å². The van der Waals surface area contributed by atoms with E-state index in [1.165, 1.54) is 18.9 Å². The molecule has 1 fully saturated rings. The summed E-state index contributed by atoms with van der Waals surface area (Å²) in [4.78, 5) is 4.58. The third-order valence-corrected chi connectivity index (χ3v) is 4.87. The van der Waals surface area contributed by atoms with Gasteiger partial charge in [0.25, 0.3) is 0 Å². The van der Waals surface area contributed by atoms with Crippen molar-refractivity contribution < 1.29 is 4.39 Å². The molecular formula is C15H17Cl2FN2. The maximum absolute atomic E-state index is 13.8. The fraction of sp³-hybridized carbons (Fsp3) is 0.533. The number of aryl methyl sites for hydroxylation is 1. The van der Waals surface area contributed by atoms with Gasteiger partial charge >= 0.3 is 0 Å². The second kappa shape index (κ2) is 5.19. The van der Waals surface area contributed by atoms with Crippen LogP contribution in [0.5, 0.6) is 0 Å². The van der Waals surface area contributed by atoms with Gasteiger partial charge in [0, 0.05) is 24.9 Å². The molecule has 0 spiro atoms. The van der Waals surface area contributed by atoms with Crippen LogP contribution >= 0.6 is 23.2 Å². The Morgan fingerprint density at radius 2 is 2.15 bits per heavy atom. The Morgan fingerprint density at radius 1 is 1.40 bits per heavy atom. The quantitative estimate of drug-likeness (QED) is 0.725. The largest absolute Gasteiger partial charge is 0.327 e. The van der Waals surface area contributed by atoms with Crippen LogP contribution in [0.1, 0.15) is 32.0 Å². The summed E-state index contributed by atoms with van der Waals surface area (Å²) < 4.78 is 15.9. The van der Waals surface area contributed by atoms with Crippen LogP contribution in [0.2, 0.25) is 5.02 Å². The zero-order valence-electron chi connectivity index (χ0n) is 11.4. The Kier molecular flexibility index (Phi) is 3.67. The smallest absolute Gasteiger partial charge is 0.144 e. The molecule has 1 heterocycles. The number of hydrogen-bond donors (Lipinski definition) is 0. The number of nitrogens with zero attached hydrogens (tertiary/aromatic N) is 2. The second-order valence-electron chi connectivity index (χ2n) is 5.66. The average Bonchev–Trinajstić information content (AvgIpc) is 3.13. The van der Waals surface area contributed by atoms with Crippen molar-refractivity contribution in [1.82, 2.24) is 9.55 Å². The number of hydrogen-bond acceptors (Lipinski definition) is 1. The van der Waals surface area contributed by atoms with Crippen molar-refractivity contribution >= 4 is 34.2 Å². The molecule has 0 N–H and O–H groups in total. The van der Waals surface area contributed by atoms with E-state index in [-0.39, 0.29) is 10.8 Å². The van der Waals surface area contributed by atoms with Gasteiger partial charge in [-0.2, -0.15) is 0 Å². The van der Waals surface area contributed by atoms with Gasteiger partial charge < -0.3 is 4.57 Å². The van der Waals surface area contributed by atoms with Crippen LogP contribution in [-0.4, -0.2) is 15.4 Å². The minimum atomic E-state index is -0.390. The zero-order valence-corrected chi connectivity index (χ0v) is 12.9. The maximum atomic E-state index is 13.8. The first-order chi connectivity index (χ1) is 9.58. The van der Waals surface area contributed by atoms with Gasteiger partial charge in [0.2, 0.25) is 0 Å². The van der Waals surface area contributed by atoms with Gasteiger partial charge in [0.05, 0.1) is 16.1 Å². The van der Waals surface area contributed by atoms with Gasteiger partial charge in [-0.25, -0.2) is 9.37 Å². The minimum Gasteiger partial charge on any atom is -0.327 e. The molecule has 1 aromatic heterocycles. The molecule has 3 rings (SSSR count). The Hall–Kier alpha value is -0.800. The fourth-order valence-electron chi connectivity index (χ4n) is 2.76. The van der Waals surface area contributed by atoms with Gasteiger partial charge in [-0.3, -0.25) is 0 Å². The lowest BCUT2D eigenvalue weighted by Gasteiger charge is -2.16. The van der Waals surface area contributed by atoms with Crippen LogP contribution in [0.4, 0.5) is 4.39 Å². The van der Waals surface area contributed by atoms with E-state index in [4.69, 9.17) is 23.2 Å². The first-order valence-electron chi connectivity index (χ1n) is 6.99. The highest BCUT2D eigenvalue weighted by Crippen LogP contribution is 2.50. The lowest BCUT2D eigenvalue weighted by molar-refractivity contribution is 0.408. The number of alkyl halides is 1. The highest BCUT2D eigenvalue weighted by atomic mass is 35.5. The van der Waals surface area contributed by atoms with Crippen LogP contribution in [-0.2, 0) is 13.0 Å². The van der Waals surface area contributed by atoms with Crippen LogP contribution in [0.25, 0.3) is 11.0 Å². The summed E-state index contributed by atoms with van der Waals surface area (Å²) in [6.07, 6.45) is 4.30. The second-order valence-corrected chi connectivity index (χ2v) is 6.45. The SMILES string of the molecule is CCC1(Cn2c(CCCl)nc3cc(Cl)c(F)cc32)CC1. The number of fused-ring (bicyclic) bond motifs is 1. The van der Waals surface area contributed by atoms with Crippen molar-refractivity contribution in [2.75, 3.05) is 5.88 Å². The summed E-state index contributed by atoms with van der Waals surface area (Å²) >= 11 is 11.7. The Labute approximate surface area is 127 Å². The molecule has 2 aromatic rings. The third-order valence-electron chi connectivity index (χ3n) is 4.39. The van der Waals surface area contributed by atoms with Crippen molar-refractivity contribution in [3.63, 3.8) is 0 Å². The Balaban J connectivity index is 2.10. The number of aromatic nitrogens is 2. The predicted octanol–water partition coefficient (Wildman–Crippen LogP) is 4.80. The first-order valence-corrected chi connectivity index (χ1v) is 7.90. The van der Waals surface area contributed by atoms with E-state index in [9.17, 15) is 4.39 Å². The van der Waals surface area contributed by atoms with Gasteiger partial charge in [0.15, 0.2) is 0 Å². The minimum absolute atomic E-state index is 0.121. The van der Waals surface area contributed by atoms with E-state index < -0.39 is 0 Å². The van der Waals surface area contributed by atoms with Crippen molar-refractivity contribution in [3.05, 3.63) is 28.8 Å². The molecule has 2 nitrogen and oxygen atoms in total. The van der Waals surface area contributed by atoms with Crippen molar-refractivity contribution in [1.29, 1.82) is 0 Å². The van der Waals surface area contributed by atoms with Crippen molar-refractivity contribution in [2.45, 2.75) is 39.2 Å². The predicted molar refractivity (Wildman–Crippen MR) is 81.1 cm³/mol. The van der Waals surface area contributed by atoms with E-state index in [1.54, 1.807) is 6.07 Å². The number of benzene rings is 1. The first kappa shape index (κ1) is 14.2. The molecule has 0 unspecified atom stereocenters. The summed E-state index contributed by atoms with van der Waals surface area (Å²) in [5.41, 5.74) is 1.94. The van der Waals surface area contributed by atoms with Gasteiger partial charge in [0.1, 0.15) is 11.6 Å². The standard InChI is InChI=1S/C15H17Cl2FN2/c1-2-15(4-5-15)9-20-13-8-11(18)10(17)7-12(13)19-14(20)3-6-16/h7-8H,2-6,9H2,1H3. The Bertz CT molecular complexity index is 647. The molecule has 0 aliphatic heterocycles. The molecule has 1 aliphatic carbocycles. The molecule has 5 heteroatoms. The van der Waals surface area contributed by atoms with E-state index >= 15 is 0 Å². The van der Waals surface area contributed by atoms with Crippen LogP contribution in [0.3, 0.4) is 0 Å². The van der Waals surface area contributed by atoms with E-state index in [0.717, 1.165) is 29.8 Å². The number of halogens is 3. The molecule has 1 aromatic carbocycles. The molecule has 0 amide bonds. The summed E-state index contributed by atoms with van der Waals surface area (Å²) in [6, 6.07) is 3.10. The summed E-state index contributed by atoms with van der Waals surface area (Å²) in [5, 5.41) is 0.121. The lowest BCUT2D eigenvalue weighted by Crippen LogP contribution is -2.14. The molecule has 20 heavy (non-hydrogen) atoms. The lowest BCUT2D eigenvalue weighted by atomic mass is 10.0.